The Morgan fingerprint density at radius 1 is 0.968 bits per heavy atom. The van der Waals surface area contributed by atoms with E-state index in [9.17, 15) is 14.4 Å². The van der Waals surface area contributed by atoms with Gasteiger partial charge in [0.2, 0.25) is 0 Å². The van der Waals surface area contributed by atoms with E-state index in [1.54, 1.807) is 45.2 Å². The van der Waals surface area contributed by atoms with Gasteiger partial charge in [-0.3, -0.25) is 4.79 Å². The topological polar surface area (TPSA) is 106 Å². The summed E-state index contributed by atoms with van der Waals surface area (Å²) in [5.41, 5.74) is 1.65. The zero-order chi connectivity index (χ0) is 22.6. The Morgan fingerprint density at radius 3 is 2.26 bits per heavy atom. The van der Waals surface area contributed by atoms with E-state index in [0.717, 1.165) is 11.3 Å². The van der Waals surface area contributed by atoms with Gasteiger partial charge in [-0.2, -0.15) is 0 Å². The second kappa shape index (κ2) is 12.2. The second-order valence-corrected chi connectivity index (χ2v) is 7.24. The Bertz CT molecular complexity index is 853. The highest BCUT2D eigenvalue weighted by Crippen LogP contribution is 2.11. The van der Waals surface area contributed by atoms with Crippen molar-refractivity contribution in [2.45, 2.75) is 26.3 Å². The molecule has 0 fully saturated rings. The molecule has 0 aliphatic rings. The summed E-state index contributed by atoms with van der Waals surface area (Å²) in [6.07, 6.45) is 0.638. The van der Waals surface area contributed by atoms with Crippen LogP contribution < -0.4 is 20.7 Å². The molecule has 0 saturated carbocycles. The van der Waals surface area contributed by atoms with Gasteiger partial charge in [0.25, 0.3) is 5.91 Å². The number of hydrogen-bond donors (Lipinski definition) is 3. The van der Waals surface area contributed by atoms with Crippen molar-refractivity contribution in [3.63, 3.8) is 0 Å². The van der Waals surface area contributed by atoms with E-state index >= 15 is 0 Å². The van der Waals surface area contributed by atoms with Crippen molar-refractivity contribution >= 4 is 23.6 Å². The van der Waals surface area contributed by atoms with E-state index in [1.807, 2.05) is 30.3 Å². The highest BCUT2D eigenvalue weighted by Gasteiger charge is 2.26. The van der Waals surface area contributed by atoms with E-state index in [4.69, 9.17) is 9.47 Å². The Kier molecular flexibility index (Phi) is 9.35. The minimum Gasteiger partial charge on any atom is -0.497 e. The lowest BCUT2D eigenvalue weighted by Gasteiger charge is -2.21. The van der Waals surface area contributed by atoms with Crippen LogP contribution in [0.1, 0.15) is 19.4 Å². The van der Waals surface area contributed by atoms with Gasteiger partial charge in [0, 0.05) is 12.2 Å². The smallest absolute Gasteiger partial charge is 0.329 e. The Labute approximate surface area is 182 Å². The summed E-state index contributed by atoms with van der Waals surface area (Å²) < 4.78 is 10.2. The number of rotatable bonds is 10. The van der Waals surface area contributed by atoms with Crippen molar-refractivity contribution in [3.05, 3.63) is 60.2 Å². The molecule has 0 aromatic heterocycles. The van der Waals surface area contributed by atoms with Gasteiger partial charge in [0.05, 0.1) is 7.11 Å². The fourth-order valence-corrected chi connectivity index (χ4v) is 2.74. The number of hydrogen-bond acceptors (Lipinski definition) is 5. The van der Waals surface area contributed by atoms with Crippen molar-refractivity contribution in [1.29, 1.82) is 0 Å². The Balaban J connectivity index is 1.74. The second-order valence-electron chi connectivity index (χ2n) is 7.24. The van der Waals surface area contributed by atoms with Crippen molar-refractivity contribution in [1.82, 2.24) is 10.6 Å². The monoisotopic (exact) mass is 427 g/mol. The third-order valence-electron chi connectivity index (χ3n) is 4.48. The number of esters is 1. The molecule has 0 spiro atoms. The van der Waals surface area contributed by atoms with E-state index in [1.165, 1.54) is 0 Å². The first-order valence-electron chi connectivity index (χ1n) is 10.1. The average Bonchev–Trinajstić information content (AvgIpc) is 2.76. The molecule has 0 bridgehead atoms. The van der Waals surface area contributed by atoms with E-state index in [0.29, 0.717) is 18.7 Å². The van der Waals surface area contributed by atoms with Crippen molar-refractivity contribution < 1.29 is 23.9 Å². The molecular weight excluding hydrogens is 398 g/mol. The van der Waals surface area contributed by atoms with E-state index in [-0.39, 0.29) is 5.92 Å². The predicted octanol–water partition coefficient (Wildman–Crippen LogP) is 2.74. The SMILES string of the molecule is COc1ccc(CCNC(=O)COC(=O)[C@@H](NC(=O)Nc2ccccc2)C(C)C)cc1. The van der Waals surface area contributed by atoms with Crippen LogP contribution in [-0.4, -0.2) is 44.2 Å². The molecule has 0 radical (unpaired) electrons. The first kappa shape index (κ1) is 23.7. The summed E-state index contributed by atoms with van der Waals surface area (Å²) in [5, 5.41) is 7.96. The van der Waals surface area contributed by atoms with Crippen LogP contribution in [0.3, 0.4) is 0 Å². The molecule has 8 heteroatoms. The van der Waals surface area contributed by atoms with Crippen molar-refractivity contribution in [3.8, 4) is 5.75 Å². The van der Waals surface area contributed by atoms with Crippen LogP contribution in [0.15, 0.2) is 54.6 Å². The van der Waals surface area contributed by atoms with E-state index < -0.39 is 30.6 Å². The lowest BCUT2D eigenvalue weighted by atomic mass is 10.1. The number of ether oxygens (including phenoxy) is 2. The quantitative estimate of drug-likeness (QED) is 0.506. The fraction of sp³-hybridized carbons (Fsp3) is 0.348. The van der Waals surface area contributed by atoms with Gasteiger partial charge >= 0.3 is 12.0 Å². The lowest BCUT2D eigenvalue weighted by molar-refractivity contribution is -0.151. The Morgan fingerprint density at radius 2 is 1.65 bits per heavy atom. The van der Waals surface area contributed by atoms with Crippen LogP contribution >= 0.6 is 0 Å². The molecule has 8 nitrogen and oxygen atoms in total. The molecule has 2 aromatic rings. The highest BCUT2D eigenvalue weighted by atomic mass is 16.5. The van der Waals surface area contributed by atoms with Crippen LogP contribution in [0.25, 0.3) is 0 Å². The summed E-state index contributed by atoms with van der Waals surface area (Å²) in [4.78, 5) is 36.5. The third-order valence-corrected chi connectivity index (χ3v) is 4.48. The summed E-state index contributed by atoms with van der Waals surface area (Å²) in [6.45, 7) is 3.56. The number of nitrogens with one attached hydrogen (secondary N) is 3. The van der Waals surface area contributed by atoms with Gasteiger partial charge in [0.1, 0.15) is 11.8 Å². The minimum atomic E-state index is -0.879. The molecule has 0 aliphatic carbocycles. The average molecular weight is 428 g/mol. The molecule has 2 rings (SSSR count). The molecule has 0 heterocycles. The van der Waals surface area contributed by atoms with Crippen molar-refractivity contribution in [2.24, 2.45) is 5.92 Å². The number of methoxy groups -OCH3 is 1. The van der Waals surface area contributed by atoms with Crippen LogP contribution in [0.4, 0.5) is 10.5 Å². The number of amides is 3. The first-order valence-corrected chi connectivity index (χ1v) is 10.1. The van der Waals surface area contributed by atoms with Gasteiger partial charge in [-0.15, -0.1) is 0 Å². The number of carbonyl (C=O) groups is 3. The lowest BCUT2D eigenvalue weighted by Crippen LogP contribution is -2.47. The number of para-hydroxylation sites is 1. The molecule has 31 heavy (non-hydrogen) atoms. The predicted molar refractivity (Wildman–Crippen MR) is 118 cm³/mol. The molecule has 1 atom stereocenters. The highest BCUT2D eigenvalue weighted by molar-refractivity contribution is 5.93. The molecule has 0 aliphatic heterocycles. The summed E-state index contributed by atoms with van der Waals surface area (Å²) >= 11 is 0. The maximum Gasteiger partial charge on any atom is 0.329 e. The zero-order valence-electron chi connectivity index (χ0n) is 18.0. The largest absolute Gasteiger partial charge is 0.497 e. The molecule has 3 N–H and O–H groups in total. The van der Waals surface area contributed by atoms with Crippen LogP contribution in [0, 0.1) is 5.92 Å². The van der Waals surface area contributed by atoms with Gasteiger partial charge in [-0.1, -0.05) is 44.2 Å². The molecule has 0 saturated heterocycles. The third kappa shape index (κ3) is 8.38. The number of benzene rings is 2. The van der Waals surface area contributed by atoms with Crippen molar-refractivity contribution in [2.75, 3.05) is 25.6 Å². The minimum absolute atomic E-state index is 0.216. The maximum atomic E-state index is 12.4. The number of urea groups is 1. The molecule has 2 aromatic carbocycles. The number of carbonyl (C=O) groups excluding carboxylic acids is 3. The molecular formula is C23H29N3O5. The summed E-state index contributed by atoms with van der Waals surface area (Å²) in [7, 11) is 1.60. The van der Waals surface area contributed by atoms with Crippen LogP contribution in [0.2, 0.25) is 0 Å². The Hall–Kier alpha value is -3.55. The van der Waals surface area contributed by atoms with Crippen LogP contribution in [-0.2, 0) is 20.7 Å². The van der Waals surface area contributed by atoms with Gasteiger partial charge in [-0.05, 0) is 42.2 Å². The summed E-state index contributed by atoms with van der Waals surface area (Å²) in [6, 6.07) is 15.0. The molecule has 3 amide bonds. The summed E-state index contributed by atoms with van der Waals surface area (Å²) in [5.74, 6) is -0.515. The molecule has 0 unspecified atom stereocenters. The standard InChI is InChI=1S/C23H29N3O5/c1-16(2)21(26-23(29)25-18-7-5-4-6-8-18)22(28)31-15-20(27)24-14-13-17-9-11-19(30-3)12-10-17/h4-12,16,21H,13-15H2,1-3H3,(H,24,27)(H2,25,26,29)/t21-/m0/s1. The number of anilines is 1. The fourth-order valence-electron chi connectivity index (χ4n) is 2.74. The first-order chi connectivity index (χ1) is 14.9. The van der Waals surface area contributed by atoms with E-state index in [2.05, 4.69) is 16.0 Å². The normalized spacial score (nSPS) is 11.4. The van der Waals surface area contributed by atoms with Gasteiger partial charge in [-0.25, -0.2) is 9.59 Å². The zero-order valence-corrected chi connectivity index (χ0v) is 18.0. The van der Waals surface area contributed by atoms with Gasteiger partial charge in [0.15, 0.2) is 6.61 Å². The molecule has 166 valence electrons. The van der Waals surface area contributed by atoms with Crippen LogP contribution in [0.5, 0.6) is 5.75 Å². The maximum absolute atomic E-state index is 12.4. The van der Waals surface area contributed by atoms with Gasteiger partial charge < -0.3 is 25.4 Å².